The van der Waals surface area contributed by atoms with Gasteiger partial charge in [-0.2, -0.15) is 0 Å². The summed E-state index contributed by atoms with van der Waals surface area (Å²) in [4.78, 5) is 28.7. The summed E-state index contributed by atoms with van der Waals surface area (Å²) in [6.07, 6.45) is 0.728. The van der Waals surface area contributed by atoms with Gasteiger partial charge in [0.15, 0.2) is 0 Å². The van der Waals surface area contributed by atoms with Crippen molar-refractivity contribution in [2.24, 2.45) is 0 Å². The quantitative estimate of drug-likeness (QED) is 0.309. The molecule has 0 unspecified atom stereocenters. The molecule has 0 aromatic heterocycles. The van der Waals surface area contributed by atoms with Gasteiger partial charge in [-0.15, -0.1) is 0 Å². The first-order valence-electron chi connectivity index (χ1n) is 13.3. The van der Waals surface area contributed by atoms with Crippen LogP contribution in [0.2, 0.25) is 5.02 Å². The second-order valence-corrected chi connectivity index (χ2v) is 12.5. The molecule has 0 heterocycles. The molecule has 0 spiro atoms. The van der Waals surface area contributed by atoms with Crippen LogP contribution in [-0.4, -0.2) is 43.8 Å². The summed E-state index contributed by atoms with van der Waals surface area (Å²) in [5.74, 6) is -0.850. The lowest BCUT2D eigenvalue weighted by molar-refractivity contribution is -0.139. The molecule has 3 rings (SSSR count). The molecule has 7 nitrogen and oxygen atoms in total. The van der Waals surface area contributed by atoms with Gasteiger partial charge in [-0.25, -0.2) is 8.42 Å². The topological polar surface area (TPSA) is 86.8 Å². The number of aryl methyl sites for hydroxylation is 3. The Morgan fingerprint density at radius 3 is 2.15 bits per heavy atom. The third-order valence-corrected chi connectivity index (χ3v) is 9.12. The number of benzene rings is 3. The van der Waals surface area contributed by atoms with Crippen LogP contribution >= 0.6 is 11.6 Å². The first kappa shape index (κ1) is 31.2. The van der Waals surface area contributed by atoms with Gasteiger partial charge in [0.05, 0.1) is 10.6 Å². The largest absolute Gasteiger partial charge is 0.352 e. The molecule has 3 aromatic carbocycles. The second kappa shape index (κ2) is 13.3. The lowest BCUT2D eigenvalue weighted by Crippen LogP contribution is -2.52. The van der Waals surface area contributed by atoms with Gasteiger partial charge in [0.25, 0.3) is 10.0 Å². The summed E-state index contributed by atoms with van der Waals surface area (Å²) in [6, 6.07) is 18.0. The van der Waals surface area contributed by atoms with Gasteiger partial charge in [-0.05, 0) is 76.4 Å². The molecular weight excluding hydrogens is 546 g/mol. The summed E-state index contributed by atoms with van der Waals surface area (Å²) < 4.78 is 29.1. The maximum Gasteiger partial charge on any atom is 0.264 e. The van der Waals surface area contributed by atoms with Crippen LogP contribution in [-0.2, 0) is 26.2 Å². The van der Waals surface area contributed by atoms with Crippen LogP contribution in [0.25, 0.3) is 0 Å². The van der Waals surface area contributed by atoms with E-state index >= 15 is 0 Å². The van der Waals surface area contributed by atoms with E-state index < -0.39 is 28.5 Å². The number of halogens is 1. The van der Waals surface area contributed by atoms with E-state index in [4.69, 9.17) is 11.6 Å². The number of rotatable bonds is 11. The Balaban J connectivity index is 2.07. The van der Waals surface area contributed by atoms with Gasteiger partial charge in [-0.3, -0.25) is 13.9 Å². The first-order chi connectivity index (χ1) is 18.8. The Kier molecular flexibility index (Phi) is 10.4. The Labute approximate surface area is 243 Å². The van der Waals surface area contributed by atoms with E-state index in [1.807, 2.05) is 46.8 Å². The predicted molar refractivity (Wildman–Crippen MR) is 161 cm³/mol. The Hall–Kier alpha value is -3.36. The highest BCUT2D eigenvalue weighted by Gasteiger charge is 2.33. The first-order valence-corrected chi connectivity index (χ1v) is 15.2. The highest BCUT2D eigenvalue weighted by atomic mass is 35.5. The number of sulfonamides is 1. The molecule has 2 amide bonds. The van der Waals surface area contributed by atoms with Gasteiger partial charge in [0, 0.05) is 17.6 Å². The summed E-state index contributed by atoms with van der Waals surface area (Å²) in [6.45, 7) is 10.6. The van der Waals surface area contributed by atoms with E-state index in [2.05, 4.69) is 5.32 Å². The average molecular weight is 584 g/mol. The van der Waals surface area contributed by atoms with Crippen molar-refractivity contribution in [2.45, 2.75) is 71.5 Å². The fourth-order valence-corrected chi connectivity index (χ4v) is 5.97. The van der Waals surface area contributed by atoms with Gasteiger partial charge in [0.1, 0.15) is 12.6 Å². The van der Waals surface area contributed by atoms with Crippen molar-refractivity contribution in [1.29, 1.82) is 0 Å². The van der Waals surface area contributed by atoms with E-state index in [1.165, 1.54) is 17.0 Å². The molecule has 0 aliphatic rings. The minimum Gasteiger partial charge on any atom is -0.352 e. The van der Waals surface area contributed by atoms with Crippen molar-refractivity contribution in [3.05, 3.63) is 94.0 Å². The monoisotopic (exact) mass is 583 g/mol. The van der Waals surface area contributed by atoms with Gasteiger partial charge < -0.3 is 10.2 Å². The van der Waals surface area contributed by atoms with Crippen molar-refractivity contribution in [1.82, 2.24) is 10.2 Å². The molecule has 1 N–H and O–H groups in total. The lowest BCUT2D eigenvalue weighted by atomic mass is 10.1. The highest BCUT2D eigenvalue weighted by molar-refractivity contribution is 7.92. The molecule has 0 radical (unpaired) electrons. The molecule has 0 aliphatic carbocycles. The Bertz CT molecular complexity index is 1460. The molecule has 2 atom stereocenters. The molecule has 9 heteroatoms. The summed E-state index contributed by atoms with van der Waals surface area (Å²) in [5.41, 5.74) is 3.65. The number of anilines is 1. The van der Waals surface area contributed by atoms with Gasteiger partial charge in [-0.1, -0.05) is 72.1 Å². The number of nitrogens with zero attached hydrogens (tertiary/aromatic N) is 2. The molecular formula is C31H38ClN3O4S. The number of amides is 2. The Morgan fingerprint density at radius 2 is 1.55 bits per heavy atom. The fraction of sp³-hybridized carbons (Fsp3) is 0.355. The summed E-state index contributed by atoms with van der Waals surface area (Å²) in [5, 5.41) is 3.38. The molecule has 214 valence electrons. The zero-order chi connectivity index (χ0) is 29.6. The van der Waals surface area contributed by atoms with Crippen molar-refractivity contribution in [2.75, 3.05) is 10.8 Å². The number of carbonyl (C=O) groups excluding carboxylic acids is 2. The SMILES string of the molecule is CC[C@H](C)NC(=O)[C@H](C)N(Cc1ccccc1Cl)C(=O)CN(c1ccc(C)cc1C)S(=O)(=O)c1ccc(C)cc1. The van der Waals surface area contributed by atoms with Crippen LogP contribution in [0.4, 0.5) is 5.69 Å². The highest BCUT2D eigenvalue weighted by Crippen LogP contribution is 2.29. The van der Waals surface area contributed by atoms with Crippen LogP contribution in [0, 0.1) is 20.8 Å². The van der Waals surface area contributed by atoms with Crippen LogP contribution in [0.3, 0.4) is 0 Å². The molecule has 0 saturated heterocycles. The number of carbonyl (C=O) groups is 2. The van der Waals surface area contributed by atoms with Crippen LogP contribution < -0.4 is 9.62 Å². The minimum atomic E-state index is -4.13. The second-order valence-electron chi connectivity index (χ2n) is 10.2. The third-order valence-electron chi connectivity index (χ3n) is 6.98. The smallest absolute Gasteiger partial charge is 0.264 e. The fourth-order valence-electron chi connectivity index (χ4n) is 4.29. The normalized spacial score (nSPS) is 12.9. The van der Waals surface area contributed by atoms with Gasteiger partial charge >= 0.3 is 0 Å². The van der Waals surface area contributed by atoms with E-state index in [0.29, 0.717) is 21.8 Å². The van der Waals surface area contributed by atoms with Crippen molar-refractivity contribution >= 4 is 39.1 Å². The zero-order valence-electron chi connectivity index (χ0n) is 23.9. The minimum absolute atomic E-state index is 0.0406. The Morgan fingerprint density at radius 1 is 0.925 bits per heavy atom. The van der Waals surface area contributed by atoms with E-state index in [9.17, 15) is 18.0 Å². The standard InChI is InChI=1S/C31H38ClN3O4S/c1-7-24(5)33-31(37)25(6)34(19-26-10-8-9-11-28(26)32)30(36)20-35(29-17-14-22(3)18-23(29)4)40(38,39)27-15-12-21(2)13-16-27/h8-18,24-25H,7,19-20H2,1-6H3,(H,33,37)/t24-,25-/m0/s1. The van der Waals surface area contributed by atoms with Crippen LogP contribution in [0.1, 0.15) is 49.4 Å². The average Bonchev–Trinajstić information content (AvgIpc) is 2.91. The van der Waals surface area contributed by atoms with Crippen molar-refractivity contribution < 1.29 is 18.0 Å². The molecule has 3 aromatic rings. The maximum atomic E-state index is 14.1. The molecule has 0 aliphatic heterocycles. The van der Waals surface area contributed by atoms with Crippen molar-refractivity contribution in [3.63, 3.8) is 0 Å². The van der Waals surface area contributed by atoms with E-state index in [1.54, 1.807) is 49.4 Å². The molecule has 0 fully saturated rings. The maximum absolute atomic E-state index is 14.1. The molecule has 0 bridgehead atoms. The number of hydrogen-bond acceptors (Lipinski definition) is 4. The predicted octanol–water partition coefficient (Wildman–Crippen LogP) is 5.79. The van der Waals surface area contributed by atoms with Crippen molar-refractivity contribution in [3.8, 4) is 0 Å². The van der Waals surface area contributed by atoms with E-state index in [0.717, 1.165) is 21.9 Å². The third kappa shape index (κ3) is 7.43. The molecule has 40 heavy (non-hydrogen) atoms. The number of nitrogens with one attached hydrogen (secondary N) is 1. The number of hydrogen-bond donors (Lipinski definition) is 1. The van der Waals surface area contributed by atoms with Crippen LogP contribution in [0.5, 0.6) is 0 Å². The zero-order valence-corrected chi connectivity index (χ0v) is 25.5. The van der Waals surface area contributed by atoms with Gasteiger partial charge in [0.2, 0.25) is 11.8 Å². The summed E-state index contributed by atoms with van der Waals surface area (Å²) >= 11 is 6.42. The molecule has 0 saturated carbocycles. The van der Waals surface area contributed by atoms with E-state index in [-0.39, 0.29) is 23.4 Å². The lowest BCUT2D eigenvalue weighted by Gasteiger charge is -2.33. The van der Waals surface area contributed by atoms with Crippen LogP contribution in [0.15, 0.2) is 71.6 Å². The summed E-state index contributed by atoms with van der Waals surface area (Å²) in [7, 11) is -4.13.